The number of benzene rings is 1. The number of aromatic nitrogens is 4. The second-order valence-corrected chi connectivity index (χ2v) is 10.2. The molecule has 1 N–H and O–H groups in total. The molecule has 0 saturated carbocycles. The van der Waals surface area contributed by atoms with Gasteiger partial charge in [0, 0.05) is 56.8 Å². The molecule has 1 saturated heterocycles. The van der Waals surface area contributed by atoms with Gasteiger partial charge in [0.2, 0.25) is 11.9 Å². The van der Waals surface area contributed by atoms with Crippen molar-refractivity contribution in [2.24, 2.45) is 0 Å². The molecule has 0 spiro atoms. The van der Waals surface area contributed by atoms with E-state index in [4.69, 9.17) is 19.2 Å². The summed E-state index contributed by atoms with van der Waals surface area (Å²) in [5.74, 6) is 2.61. The smallest absolute Gasteiger partial charge is 0.410 e. The molecule has 12 heteroatoms. The van der Waals surface area contributed by atoms with Crippen LogP contribution in [-0.2, 0) is 16.0 Å². The standard InChI is InChI=1S/C29H37N7O5/c1-3-4-13-41-29(38)36-12-11-34(26-16-21(2)32-28(33-26)35-10-9-30-20-35)19-23(36)18-27(37)31-8-7-22-5-6-24-25(17-22)40-15-14-39-24/h5-6,9-10,16-17,20,23H,3-4,7-8,11-15,18-19H2,1-2H3,(H,31,37). The van der Waals surface area contributed by atoms with E-state index in [1.165, 1.54) is 0 Å². The van der Waals surface area contributed by atoms with Crippen LogP contribution in [-0.4, -0.2) is 88.5 Å². The Morgan fingerprint density at radius 2 is 1.98 bits per heavy atom. The van der Waals surface area contributed by atoms with E-state index in [2.05, 4.69) is 20.2 Å². The van der Waals surface area contributed by atoms with E-state index in [9.17, 15) is 9.59 Å². The largest absolute Gasteiger partial charge is 0.486 e. The third-order valence-corrected chi connectivity index (χ3v) is 7.09. The molecule has 2 aromatic heterocycles. The first-order valence-electron chi connectivity index (χ1n) is 14.2. The number of hydrogen-bond acceptors (Lipinski definition) is 9. The van der Waals surface area contributed by atoms with Gasteiger partial charge in [-0.2, -0.15) is 4.98 Å². The lowest BCUT2D eigenvalue weighted by molar-refractivity contribution is -0.122. The molecule has 218 valence electrons. The lowest BCUT2D eigenvalue weighted by Crippen LogP contribution is -2.57. The molecule has 3 aromatic rings. The molecule has 1 fully saturated rings. The van der Waals surface area contributed by atoms with Gasteiger partial charge in [0.1, 0.15) is 25.4 Å². The Labute approximate surface area is 239 Å². The molecule has 5 rings (SSSR count). The molecular weight excluding hydrogens is 526 g/mol. The molecule has 0 radical (unpaired) electrons. The minimum absolute atomic E-state index is 0.126. The van der Waals surface area contributed by atoms with Crippen molar-refractivity contribution in [2.75, 3.05) is 50.9 Å². The van der Waals surface area contributed by atoms with Crippen molar-refractivity contribution in [1.29, 1.82) is 0 Å². The molecule has 1 atom stereocenters. The number of piperazine rings is 1. The van der Waals surface area contributed by atoms with Gasteiger partial charge in [-0.25, -0.2) is 14.8 Å². The molecule has 12 nitrogen and oxygen atoms in total. The quantitative estimate of drug-likeness (QED) is 0.371. The first-order valence-corrected chi connectivity index (χ1v) is 14.2. The summed E-state index contributed by atoms with van der Waals surface area (Å²) < 4.78 is 18.5. The number of imidazole rings is 1. The first kappa shape index (κ1) is 28.2. The van der Waals surface area contributed by atoms with Crippen molar-refractivity contribution < 1.29 is 23.8 Å². The Kier molecular flexibility index (Phi) is 9.17. The zero-order chi connectivity index (χ0) is 28.6. The molecule has 2 amide bonds. The highest BCUT2D eigenvalue weighted by atomic mass is 16.6. The summed E-state index contributed by atoms with van der Waals surface area (Å²) in [6.07, 6.45) is 7.28. The number of nitrogens with zero attached hydrogens (tertiary/aromatic N) is 6. The Bertz CT molecular complexity index is 1330. The van der Waals surface area contributed by atoms with E-state index in [-0.39, 0.29) is 24.5 Å². The topological polar surface area (TPSA) is 124 Å². The third kappa shape index (κ3) is 7.24. The fraction of sp³-hybridized carbons (Fsp3) is 0.483. The van der Waals surface area contributed by atoms with Crippen LogP contribution in [0.5, 0.6) is 11.5 Å². The number of ether oxygens (including phenoxy) is 3. The van der Waals surface area contributed by atoms with Crippen LogP contribution < -0.4 is 19.7 Å². The molecule has 4 heterocycles. The highest BCUT2D eigenvalue weighted by Crippen LogP contribution is 2.30. The fourth-order valence-corrected chi connectivity index (χ4v) is 4.93. The van der Waals surface area contributed by atoms with Crippen LogP contribution in [0, 0.1) is 6.92 Å². The number of carbonyl (C=O) groups excluding carboxylic acids is 2. The Morgan fingerprint density at radius 3 is 2.78 bits per heavy atom. The van der Waals surface area contributed by atoms with Crippen molar-refractivity contribution in [3.05, 3.63) is 54.2 Å². The van der Waals surface area contributed by atoms with Crippen molar-refractivity contribution in [3.63, 3.8) is 0 Å². The van der Waals surface area contributed by atoms with Gasteiger partial charge >= 0.3 is 6.09 Å². The number of nitrogens with one attached hydrogen (secondary N) is 1. The maximum absolute atomic E-state index is 13.1. The van der Waals surface area contributed by atoms with Gasteiger partial charge in [0.15, 0.2) is 11.5 Å². The van der Waals surface area contributed by atoms with Gasteiger partial charge < -0.3 is 29.3 Å². The highest BCUT2D eigenvalue weighted by molar-refractivity contribution is 5.78. The average Bonchev–Trinajstić information content (AvgIpc) is 3.52. The average molecular weight is 564 g/mol. The van der Waals surface area contributed by atoms with E-state index in [1.54, 1.807) is 28.2 Å². The van der Waals surface area contributed by atoms with Gasteiger partial charge in [-0.15, -0.1) is 0 Å². The Hall–Kier alpha value is -4.35. The zero-order valence-corrected chi connectivity index (χ0v) is 23.6. The van der Waals surface area contributed by atoms with Crippen molar-refractivity contribution in [1.82, 2.24) is 29.7 Å². The molecule has 0 bridgehead atoms. The molecule has 0 aliphatic carbocycles. The van der Waals surface area contributed by atoms with E-state index in [1.807, 2.05) is 38.1 Å². The maximum atomic E-state index is 13.1. The summed E-state index contributed by atoms with van der Waals surface area (Å²) in [6, 6.07) is 7.38. The SMILES string of the molecule is CCCCOC(=O)N1CCN(c2cc(C)nc(-n3ccnc3)n2)CC1CC(=O)NCCc1ccc2c(c1)OCCO2. The van der Waals surface area contributed by atoms with Crippen molar-refractivity contribution >= 4 is 17.8 Å². The molecule has 1 unspecified atom stereocenters. The van der Waals surface area contributed by atoms with E-state index >= 15 is 0 Å². The summed E-state index contributed by atoms with van der Waals surface area (Å²) in [4.78, 5) is 43.2. The number of hydrogen-bond donors (Lipinski definition) is 1. The lowest BCUT2D eigenvalue weighted by atomic mass is 10.1. The molecular formula is C29H37N7O5. The molecule has 2 aliphatic rings. The van der Waals surface area contributed by atoms with Crippen LogP contribution in [0.4, 0.5) is 10.6 Å². The second kappa shape index (κ2) is 13.3. The third-order valence-electron chi connectivity index (χ3n) is 7.09. The van der Waals surface area contributed by atoms with Crippen LogP contribution in [0.2, 0.25) is 0 Å². The van der Waals surface area contributed by atoms with Crippen LogP contribution in [0.15, 0.2) is 43.0 Å². The number of amides is 2. The highest BCUT2D eigenvalue weighted by Gasteiger charge is 2.34. The molecule has 41 heavy (non-hydrogen) atoms. The van der Waals surface area contributed by atoms with E-state index in [0.29, 0.717) is 58.4 Å². The number of fused-ring (bicyclic) bond motifs is 1. The summed E-state index contributed by atoms with van der Waals surface area (Å²) in [7, 11) is 0. The monoisotopic (exact) mass is 563 g/mol. The van der Waals surface area contributed by atoms with Gasteiger partial charge in [0.05, 0.1) is 12.6 Å². The van der Waals surface area contributed by atoms with E-state index < -0.39 is 0 Å². The van der Waals surface area contributed by atoms with Crippen LogP contribution >= 0.6 is 0 Å². The minimum Gasteiger partial charge on any atom is -0.486 e. The van der Waals surface area contributed by atoms with Gasteiger partial charge in [-0.1, -0.05) is 19.4 Å². The first-order chi connectivity index (χ1) is 20.0. The maximum Gasteiger partial charge on any atom is 0.410 e. The van der Waals surface area contributed by atoms with Gasteiger partial charge in [0.25, 0.3) is 0 Å². The Morgan fingerprint density at radius 1 is 1.12 bits per heavy atom. The summed E-state index contributed by atoms with van der Waals surface area (Å²) in [5, 5.41) is 3.02. The van der Waals surface area contributed by atoms with Gasteiger partial charge in [-0.05, 0) is 37.5 Å². The summed E-state index contributed by atoms with van der Waals surface area (Å²) >= 11 is 0. The van der Waals surface area contributed by atoms with Crippen molar-refractivity contribution in [2.45, 2.75) is 45.6 Å². The van der Waals surface area contributed by atoms with Crippen LogP contribution in [0.1, 0.15) is 37.4 Å². The van der Waals surface area contributed by atoms with Gasteiger partial charge in [-0.3, -0.25) is 9.36 Å². The van der Waals surface area contributed by atoms with E-state index in [0.717, 1.165) is 41.4 Å². The second-order valence-electron chi connectivity index (χ2n) is 10.2. The zero-order valence-electron chi connectivity index (χ0n) is 23.6. The number of aryl methyl sites for hydroxylation is 1. The lowest BCUT2D eigenvalue weighted by Gasteiger charge is -2.41. The van der Waals surface area contributed by atoms with Crippen LogP contribution in [0.25, 0.3) is 5.95 Å². The number of anilines is 1. The molecule has 2 aliphatic heterocycles. The van der Waals surface area contributed by atoms with Crippen LogP contribution in [0.3, 0.4) is 0 Å². The Balaban J connectivity index is 1.24. The summed E-state index contributed by atoms with van der Waals surface area (Å²) in [6.45, 7) is 7.30. The number of unbranched alkanes of at least 4 members (excludes halogenated alkanes) is 1. The molecule has 1 aromatic carbocycles. The normalized spacial score (nSPS) is 16.4. The number of rotatable bonds is 10. The predicted octanol–water partition coefficient (Wildman–Crippen LogP) is 2.92. The fourth-order valence-electron chi connectivity index (χ4n) is 4.93. The van der Waals surface area contributed by atoms with Crippen molar-refractivity contribution in [3.8, 4) is 17.4 Å². The predicted molar refractivity (Wildman–Crippen MR) is 152 cm³/mol. The number of carbonyl (C=O) groups is 2. The summed E-state index contributed by atoms with van der Waals surface area (Å²) in [5.41, 5.74) is 1.86. The minimum atomic E-state index is -0.384.